The van der Waals surface area contributed by atoms with Crippen molar-refractivity contribution in [2.45, 2.75) is 45.7 Å². The average Bonchev–Trinajstić information content (AvgIpc) is 2.82. The summed E-state index contributed by atoms with van der Waals surface area (Å²) in [5.41, 5.74) is 5.87. The Morgan fingerprint density at radius 3 is 2.25 bits per heavy atom. The summed E-state index contributed by atoms with van der Waals surface area (Å²) in [7, 11) is 2.26. The largest absolute Gasteiger partial charge is 0.467 e. The summed E-state index contributed by atoms with van der Waals surface area (Å²) >= 11 is 0. The van der Waals surface area contributed by atoms with Crippen LogP contribution in [-0.4, -0.2) is 20.1 Å². The maximum atomic E-state index is 6.09. The topological polar surface area (TPSA) is 30.8 Å². The second-order valence-electron chi connectivity index (χ2n) is 8.05. The Balaban J connectivity index is 2.06. The highest BCUT2D eigenvalue weighted by Gasteiger charge is 2.33. The van der Waals surface area contributed by atoms with E-state index in [1.807, 2.05) is 36.5 Å². The maximum Gasteiger partial charge on any atom is 0.188 e. The predicted octanol–water partition coefficient (Wildman–Crippen LogP) is 7.06. The summed E-state index contributed by atoms with van der Waals surface area (Å²) in [5.74, 6) is 0.957. The summed E-state index contributed by atoms with van der Waals surface area (Å²) < 4.78 is 11.3. The smallest absolute Gasteiger partial charge is 0.188 e. The Morgan fingerprint density at radius 1 is 0.875 bits per heavy atom. The standard InChI is InChI=1S/C28H34NO2P/c1-6-28(7-2,25-18-12-13-21(3)26(25)31-20-30-5)32-27-22(4)14-11-15-23(27)19-29-24-16-9-8-10-17-24/h8-19,32H,6-7,20H2,1-5H3/b29-19+. The molecule has 4 heteroatoms. The van der Waals surface area contributed by atoms with Crippen molar-refractivity contribution in [1.82, 2.24) is 0 Å². The molecule has 0 saturated heterocycles. The first-order chi connectivity index (χ1) is 15.5. The molecular weight excluding hydrogens is 413 g/mol. The molecule has 3 aromatic carbocycles. The van der Waals surface area contributed by atoms with Crippen LogP contribution in [0, 0.1) is 13.8 Å². The van der Waals surface area contributed by atoms with Gasteiger partial charge in [-0.05, 0) is 55.3 Å². The van der Waals surface area contributed by atoms with Crippen molar-refractivity contribution in [2.75, 3.05) is 13.9 Å². The molecule has 0 aliphatic carbocycles. The van der Waals surface area contributed by atoms with E-state index in [4.69, 9.17) is 14.5 Å². The zero-order chi connectivity index (χ0) is 23.0. The van der Waals surface area contributed by atoms with E-state index in [9.17, 15) is 0 Å². The minimum absolute atomic E-state index is 0.0173. The fraction of sp³-hybridized carbons (Fsp3) is 0.321. The number of methoxy groups -OCH3 is 1. The number of hydrogen-bond acceptors (Lipinski definition) is 3. The number of nitrogens with zero attached hydrogens (tertiary/aromatic N) is 1. The number of aryl methyl sites for hydroxylation is 2. The van der Waals surface area contributed by atoms with E-state index in [0.29, 0.717) is 8.58 Å². The molecule has 0 radical (unpaired) electrons. The summed E-state index contributed by atoms with van der Waals surface area (Å²) in [6.07, 6.45) is 4.07. The third-order valence-corrected chi connectivity index (χ3v) is 8.42. The van der Waals surface area contributed by atoms with Crippen LogP contribution in [0.25, 0.3) is 0 Å². The van der Waals surface area contributed by atoms with Gasteiger partial charge in [0.15, 0.2) is 6.79 Å². The van der Waals surface area contributed by atoms with Crippen molar-refractivity contribution < 1.29 is 9.47 Å². The Bertz CT molecular complexity index is 1040. The SMILES string of the molecule is CCC(CC)(Pc1c(C)cccc1/C=N/c1ccccc1)c1cccc(C)c1OCOC. The highest BCUT2D eigenvalue weighted by Crippen LogP contribution is 2.51. The lowest BCUT2D eigenvalue weighted by Crippen LogP contribution is -2.25. The van der Waals surface area contributed by atoms with E-state index < -0.39 is 0 Å². The van der Waals surface area contributed by atoms with E-state index in [0.717, 1.165) is 29.8 Å². The predicted molar refractivity (Wildman–Crippen MR) is 139 cm³/mol. The Hall–Kier alpha value is -2.48. The molecule has 1 unspecified atom stereocenters. The first kappa shape index (κ1) is 24.2. The van der Waals surface area contributed by atoms with Gasteiger partial charge in [0.2, 0.25) is 0 Å². The molecule has 3 rings (SSSR count). The lowest BCUT2D eigenvalue weighted by Gasteiger charge is -2.35. The molecule has 168 valence electrons. The first-order valence-corrected chi connectivity index (χ1v) is 12.2. The summed E-state index contributed by atoms with van der Waals surface area (Å²) in [6.45, 7) is 9.14. The molecule has 32 heavy (non-hydrogen) atoms. The van der Waals surface area contributed by atoms with Crippen LogP contribution >= 0.6 is 8.58 Å². The van der Waals surface area contributed by atoms with E-state index in [-0.39, 0.29) is 11.9 Å². The molecule has 0 N–H and O–H groups in total. The van der Waals surface area contributed by atoms with Gasteiger partial charge < -0.3 is 9.47 Å². The summed E-state index contributed by atoms with van der Waals surface area (Å²) in [5, 5.41) is 1.35. The molecule has 3 aromatic rings. The van der Waals surface area contributed by atoms with Gasteiger partial charge in [-0.25, -0.2) is 0 Å². The van der Waals surface area contributed by atoms with E-state index >= 15 is 0 Å². The van der Waals surface area contributed by atoms with Crippen LogP contribution in [0.4, 0.5) is 5.69 Å². The highest BCUT2D eigenvalue weighted by atomic mass is 31.1. The summed E-state index contributed by atoms with van der Waals surface area (Å²) in [6, 6.07) is 23.1. The minimum Gasteiger partial charge on any atom is -0.467 e. The van der Waals surface area contributed by atoms with Crippen molar-refractivity contribution in [3.8, 4) is 5.75 Å². The van der Waals surface area contributed by atoms with Crippen LogP contribution < -0.4 is 10.0 Å². The van der Waals surface area contributed by atoms with E-state index in [1.165, 1.54) is 22.0 Å². The fourth-order valence-electron chi connectivity index (χ4n) is 4.08. The van der Waals surface area contributed by atoms with Crippen molar-refractivity contribution >= 4 is 25.8 Å². The fourth-order valence-corrected chi connectivity index (χ4v) is 5.82. The summed E-state index contributed by atoms with van der Waals surface area (Å²) in [4.78, 5) is 4.74. The molecule has 0 aliphatic rings. The minimum atomic E-state index is -0.0173. The molecule has 0 aromatic heterocycles. The Morgan fingerprint density at radius 2 is 1.56 bits per heavy atom. The van der Waals surface area contributed by atoms with Gasteiger partial charge >= 0.3 is 0 Å². The van der Waals surface area contributed by atoms with Gasteiger partial charge in [0, 0.05) is 29.6 Å². The van der Waals surface area contributed by atoms with E-state index in [1.54, 1.807) is 7.11 Å². The van der Waals surface area contributed by atoms with Gasteiger partial charge in [0.05, 0.1) is 5.69 Å². The molecule has 0 bridgehead atoms. The van der Waals surface area contributed by atoms with Crippen LogP contribution in [0.15, 0.2) is 71.7 Å². The number of rotatable bonds is 10. The van der Waals surface area contributed by atoms with Gasteiger partial charge in [-0.3, -0.25) is 4.99 Å². The molecule has 1 atom stereocenters. The van der Waals surface area contributed by atoms with Gasteiger partial charge in [-0.1, -0.05) is 77.0 Å². The highest BCUT2D eigenvalue weighted by molar-refractivity contribution is 7.49. The zero-order valence-corrected chi connectivity index (χ0v) is 20.8. The quantitative estimate of drug-likeness (QED) is 0.189. The lowest BCUT2D eigenvalue weighted by molar-refractivity contribution is 0.0494. The molecule has 0 amide bonds. The van der Waals surface area contributed by atoms with Crippen LogP contribution in [0.2, 0.25) is 0 Å². The molecular formula is C28H34NO2P. The van der Waals surface area contributed by atoms with Gasteiger partial charge in [0.25, 0.3) is 0 Å². The number of aliphatic imine (C=N–C) groups is 1. The molecule has 0 heterocycles. The number of hydrogen-bond donors (Lipinski definition) is 0. The van der Waals surface area contributed by atoms with Crippen molar-refractivity contribution in [3.05, 3.63) is 89.0 Å². The third-order valence-electron chi connectivity index (χ3n) is 6.03. The average molecular weight is 448 g/mol. The van der Waals surface area contributed by atoms with Crippen LogP contribution in [0.5, 0.6) is 5.75 Å². The van der Waals surface area contributed by atoms with Gasteiger partial charge in [-0.2, -0.15) is 0 Å². The second-order valence-corrected chi connectivity index (χ2v) is 9.76. The molecule has 0 spiro atoms. The van der Waals surface area contributed by atoms with Crippen molar-refractivity contribution in [3.63, 3.8) is 0 Å². The monoisotopic (exact) mass is 447 g/mol. The molecule has 0 saturated carbocycles. The number of ether oxygens (including phenoxy) is 2. The zero-order valence-electron chi connectivity index (χ0n) is 19.8. The van der Waals surface area contributed by atoms with Crippen LogP contribution in [0.1, 0.15) is 48.9 Å². The molecule has 3 nitrogen and oxygen atoms in total. The van der Waals surface area contributed by atoms with E-state index in [2.05, 4.69) is 64.1 Å². The molecule has 0 fully saturated rings. The number of benzene rings is 3. The number of para-hydroxylation sites is 2. The Kier molecular flexibility index (Phi) is 8.61. The maximum absolute atomic E-state index is 6.09. The lowest BCUT2D eigenvalue weighted by atomic mass is 9.90. The van der Waals surface area contributed by atoms with Crippen LogP contribution in [0.3, 0.4) is 0 Å². The normalized spacial score (nSPS) is 12.2. The van der Waals surface area contributed by atoms with Crippen molar-refractivity contribution in [1.29, 1.82) is 0 Å². The van der Waals surface area contributed by atoms with Gasteiger partial charge in [-0.15, -0.1) is 0 Å². The van der Waals surface area contributed by atoms with Crippen LogP contribution in [-0.2, 0) is 9.89 Å². The first-order valence-electron chi connectivity index (χ1n) is 11.2. The second kappa shape index (κ2) is 11.4. The van der Waals surface area contributed by atoms with Gasteiger partial charge in [0.1, 0.15) is 5.75 Å². The molecule has 0 aliphatic heterocycles. The Labute approximate surface area is 194 Å². The van der Waals surface area contributed by atoms with Crippen molar-refractivity contribution in [2.24, 2.45) is 4.99 Å². The third kappa shape index (κ3) is 5.46.